The predicted molar refractivity (Wildman–Crippen MR) is 55.4 cm³/mol. The van der Waals surface area contributed by atoms with Gasteiger partial charge in [-0.15, -0.1) is 0 Å². The Kier molecular flexibility index (Phi) is 3.10. The highest BCUT2D eigenvalue weighted by atomic mass is 19.4. The van der Waals surface area contributed by atoms with Crippen molar-refractivity contribution < 1.29 is 23.1 Å². The van der Waals surface area contributed by atoms with Gasteiger partial charge in [-0.2, -0.15) is 13.2 Å². The highest BCUT2D eigenvalue weighted by molar-refractivity contribution is 5.86. The topological polar surface area (TPSA) is 66.3 Å². The Morgan fingerprint density at radius 3 is 2.33 bits per heavy atom. The molecule has 1 heterocycles. The number of nitrogens with zero attached hydrogens (tertiary/aromatic N) is 3. The first kappa shape index (κ1) is 12.6. The lowest BCUT2D eigenvalue weighted by molar-refractivity contribution is -0.120. The second-order valence-corrected chi connectivity index (χ2v) is 4.05. The highest BCUT2D eigenvalue weighted by Gasteiger charge is 2.39. The molecule has 98 valence electrons. The zero-order valence-corrected chi connectivity index (χ0v) is 9.18. The van der Waals surface area contributed by atoms with E-state index in [0.717, 1.165) is 17.3 Å². The van der Waals surface area contributed by atoms with Gasteiger partial charge in [-0.05, 0) is 12.8 Å². The van der Waals surface area contributed by atoms with Crippen LogP contribution in [0.1, 0.15) is 23.2 Å². The molecule has 0 radical (unpaired) electrons. The summed E-state index contributed by atoms with van der Waals surface area (Å²) in [4.78, 5) is 19.0. The summed E-state index contributed by atoms with van der Waals surface area (Å²) in [6, 6.07) is -0.206. The number of carboxylic acid groups (broad SMARTS) is 1. The van der Waals surface area contributed by atoms with E-state index in [1.807, 2.05) is 0 Å². The molecule has 1 aromatic rings. The Balaban J connectivity index is 2.18. The molecule has 0 saturated heterocycles. The van der Waals surface area contributed by atoms with Crippen LogP contribution >= 0.6 is 0 Å². The second-order valence-electron chi connectivity index (χ2n) is 4.05. The second kappa shape index (κ2) is 4.43. The number of carbonyl (C=O) groups is 1. The minimum absolute atomic E-state index is 0.0835. The molecule has 1 N–H and O–H groups in total. The zero-order valence-electron chi connectivity index (χ0n) is 9.18. The molecule has 1 aromatic heterocycles. The molecule has 1 fully saturated rings. The third kappa shape index (κ3) is 3.08. The fourth-order valence-corrected chi connectivity index (χ4v) is 1.52. The Bertz CT molecular complexity index is 443. The van der Waals surface area contributed by atoms with Crippen molar-refractivity contribution in [2.45, 2.75) is 25.1 Å². The van der Waals surface area contributed by atoms with E-state index >= 15 is 0 Å². The van der Waals surface area contributed by atoms with E-state index < -0.39 is 18.7 Å². The van der Waals surface area contributed by atoms with Gasteiger partial charge in [0.2, 0.25) is 5.95 Å². The van der Waals surface area contributed by atoms with Crippen molar-refractivity contribution in [2.24, 2.45) is 0 Å². The molecule has 0 bridgehead atoms. The fourth-order valence-electron chi connectivity index (χ4n) is 1.52. The van der Waals surface area contributed by atoms with Crippen LogP contribution in [0.15, 0.2) is 12.4 Å². The molecule has 0 atom stereocenters. The third-order valence-electron chi connectivity index (χ3n) is 2.48. The summed E-state index contributed by atoms with van der Waals surface area (Å²) in [5, 5.41) is 8.65. The summed E-state index contributed by atoms with van der Waals surface area (Å²) in [5.41, 5.74) is -0.151. The molecule has 0 unspecified atom stereocenters. The van der Waals surface area contributed by atoms with Crippen molar-refractivity contribution in [2.75, 3.05) is 11.4 Å². The first-order chi connectivity index (χ1) is 8.37. The summed E-state index contributed by atoms with van der Waals surface area (Å²) in [6.45, 7) is -1.12. The average Bonchev–Trinajstić information content (AvgIpc) is 3.08. The van der Waals surface area contributed by atoms with Crippen LogP contribution < -0.4 is 4.90 Å². The number of halogens is 3. The number of rotatable bonds is 4. The summed E-state index contributed by atoms with van der Waals surface area (Å²) < 4.78 is 37.2. The van der Waals surface area contributed by atoms with Crippen LogP contribution in [0, 0.1) is 0 Å². The molecular formula is C10H10F3N3O2. The lowest BCUT2D eigenvalue weighted by Gasteiger charge is -2.23. The molecule has 0 aromatic carbocycles. The largest absolute Gasteiger partial charge is 0.478 e. The minimum Gasteiger partial charge on any atom is -0.478 e. The lowest BCUT2D eigenvalue weighted by atomic mass is 10.3. The SMILES string of the molecule is O=C(O)c1cnc(N(CC(F)(F)F)C2CC2)nc1. The molecule has 1 aliphatic carbocycles. The number of aromatic carboxylic acids is 1. The molecule has 1 aliphatic rings. The van der Waals surface area contributed by atoms with E-state index in [4.69, 9.17) is 5.11 Å². The zero-order chi connectivity index (χ0) is 13.3. The van der Waals surface area contributed by atoms with Crippen molar-refractivity contribution in [1.82, 2.24) is 9.97 Å². The van der Waals surface area contributed by atoms with Gasteiger partial charge in [0.15, 0.2) is 0 Å². The van der Waals surface area contributed by atoms with Gasteiger partial charge in [0.25, 0.3) is 0 Å². The van der Waals surface area contributed by atoms with Gasteiger partial charge in [0.1, 0.15) is 6.54 Å². The standard InChI is InChI=1S/C10H10F3N3O2/c11-10(12,13)5-16(7-1-2-7)9-14-3-6(4-15-9)8(17)18/h3-4,7H,1-2,5H2,(H,17,18). The van der Waals surface area contributed by atoms with Crippen molar-refractivity contribution in [3.63, 3.8) is 0 Å². The van der Waals surface area contributed by atoms with Gasteiger partial charge in [0.05, 0.1) is 5.56 Å². The van der Waals surface area contributed by atoms with Gasteiger partial charge < -0.3 is 10.0 Å². The number of hydrogen-bond donors (Lipinski definition) is 1. The first-order valence-electron chi connectivity index (χ1n) is 5.25. The summed E-state index contributed by atoms with van der Waals surface area (Å²) in [7, 11) is 0. The molecule has 0 aliphatic heterocycles. The maximum Gasteiger partial charge on any atom is 0.406 e. The summed E-state index contributed by atoms with van der Waals surface area (Å²) >= 11 is 0. The van der Waals surface area contributed by atoms with Crippen molar-refractivity contribution >= 4 is 11.9 Å². The highest BCUT2D eigenvalue weighted by Crippen LogP contribution is 2.32. The maximum atomic E-state index is 12.4. The van der Waals surface area contributed by atoms with Crippen molar-refractivity contribution in [1.29, 1.82) is 0 Å². The predicted octanol–water partition coefficient (Wildman–Crippen LogP) is 1.71. The summed E-state index contributed by atoms with van der Waals surface area (Å²) in [5.74, 6) is -1.30. The number of aromatic nitrogens is 2. The molecule has 0 spiro atoms. The molecule has 5 nitrogen and oxygen atoms in total. The quantitative estimate of drug-likeness (QED) is 0.893. The number of hydrogen-bond acceptors (Lipinski definition) is 4. The molecule has 2 rings (SSSR count). The van der Waals surface area contributed by atoms with Gasteiger partial charge in [0, 0.05) is 18.4 Å². The minimum atomic E-state index is -4.34. The van der Waals surface area contributed by atoms with Crippen molar-refractivity contribution in [3.05, 3.63) is 18.0 Å². The molecule has 1 saturated carbocycles. The Labute approximate surface area is 100 Å². The van der Waals surface area contributed by atoms with Gasteiger partial charge in [-0.1, -0.05) is 0 Å². The van der Waals surface area contributed by atoms with E-state index in [2.05, 4.69) is 9.97 Å². The van der Waals surface area contributed by atoms with Gasteiger partial charge in [-0.3, -0.25) is 0 Å². The Morgan fingerprint density at radius 1 is 1.39 bits per heavy atom. The van der Waals surface area contributed by atoms with Crippen molar-refractivity contribution in [3.8, 4) is 0 Å². The maximum absolute atomic E-state index is 12.4. The van der Waals surface area contributed by atoms with Crippen LogP contribution in [0.3, 0.4) is 0 Å². The van der Waals surface area contributed by atoms with Crippen LogP contribution in [0.25, 0.3) is 0 Å². The summed E-state index contributed by atoms with van der Waals surface area (Å²) in [6.07, 6.45) is -0.982. The Hall–Kier alpha value is -1.86. The van der Waals surface area contributed by atoms with Crippen LogP contribution in [0.5, 0.6) is 0 Å². The monoisotopic (exact) mass is 261 g/mol. The average molecular weight is 261 g/mol. The fraction of sp³-hybridized carbons (Fsp3) is 0.500. The lowest BCUT2D eigenvalue weighted by Crippen LogP contribution is -2.37. The van der Waals surface area contributed by atoms with E-state index in [-0.39, 0.29) is 17.6 Å². The van der Waals surface area contributed by atoms with E-state index in [9.17, 15) is 18.0 Å². The van der Waals surface area contributed by atoms with E-state index in [1.54, 1.807) is 0 Å². The van der Waals surface area contributed by atoms with E-state index in [1.165, 1.54) is 0 Å². The van der Waals surface area contributed by atoms with Crippen LogP contribution in [-0.2, 0) is 0 Å². The van der Waals surface area contributed by atoms with Gasteiger partial charge >= 0.3 is 12.1 Å². The van der Waals surface area contributed by atoms with Gasteiger partial charge in [-0.25, -0.2) is 14.8 Å². The van der Waals surface area contributed by atoms with Crippen LogP contribution in [0.4, 0.5) is 19.1 Å². The molecule has 8 heteroatoms. The Morgan fingerprint density at radius 2 is 1.94 bits per heavy atom. The smallest absolute Gasteiger partial charge is 0.406 e. The molecule has 0 amide bonds. The third-order valence-corrected chi connectivity index (χ3v) is 2.48. The molecule has 18 heavy (non-hydrogen) atoms. The number of anilines is 1. The number of alkyl halides is 3. The van der Waals surface area contributed by atoms with Crippen LogP contribution in [0.2, 0.25) is 0 Å². The van der Waals surface area contributed by atoms with Crippen LogP contribution in [-0.4, -0.2) is 39.8 Å². The normalized spacial score (nSPS) is 15.5. The molecular weight excluding hydrogens is 251 g/mol. The van der Waals surface area contributed by atoms with E-state index in [0.29, 0.717) is 12.8 Å². The number of carboxylic acids is 1. The first-order valence-corrected chi connectivity index (χ1v) is 5.25.